The predicted octanol–water partition coefficient (Wildman–Crippen LogP) is -0.209. The van der Waals surface area contributed by atoms with Crippen LogP contribution in [0.4, 0.5) is 0 Å². The Bertz CT molecular complexity index is 168. The molecule has 0 aromatic heterocycles. The molecule has 1 aliphatic rings. The van der Waals surface area contributed by atoms with Gasteiger partial charge in [-0.25, -0.2) is 0 Å². The van der Waals surface area contributed by atoms with E-state index in [-0.39, 0.29) is 12.4 Å². The van der Waals surface area contributed by atoms with Crippen molar-refractivity contribution in [2.75, 3.05) is 39.3 Å². The van der Waals surface area contributed by atoms with Gasteiger partial charge in [0, 0.05) is 13.1 Å². The molecular formula is C14H31ClN2. The first-order valence-corrected chi connectivity index (χ1v) is 7.39. The number of hydrogen-bond acceptors (Lipinski definition) is 1. The van der Waals surface area contributed by atoms with Crippen molar-refractivity contribution in [3.05, 3.63) is 0 Å². The highest BCUT2D eigenvalue weighted by Crippen LogP contribution is 2.13. The van der Waals surface area contributed by atoms with Gasteiger partial charge in [-0.3, -0.25) is 0 Å². The molecule has 1 N–H and O–H groups in total. The van der Waals surface area contributed by atoms with Crippen molar-refractivity contribution in [2.45, 2.75) is 52.4 Å². The molecule has 1 heterocycles. The molecule has 1 aliphatic heterocycles. The van der Waals surface area contributed by atoms with Crippen LogP contribution in [0.3, 0.4) is 0 Å². The zero-order valence-electron chi connectivity index (χ0n) is 11.8. The number of quaternary nitrogens is 1. The lowest BCUT2D eigenvalue weighted by atomic mass is 10.1. The van der Waals surface area contributed by atoms with Crippen LogP contribution in [0.5, 0.6) is 0 Å². The number of likely N-dealkylation sites (N-methyl/N-ethyl adjacent to an activating group) is 1. The summed E-state index contributed by atoms with van der Waals surface area (Å²) in [5.74, 6) is 0. The van der Waals surface area contributed by atoms with Gasteiger partial charge in [-0.05, 0) is 19.8 Å². The third kappa shape index (κ3) is 6.64. The molecule has 104 valence electrons. The number of nitrogens with one attached hydrogen (secondary N) is 1. The van der Waals surface area contributed by atoms with Crippen molar-refractivity contribution in [3.8, 4) is 0 Å². The van der Waals surface area contributed by atoms with E-state index >= 15 is 0 Å². The average molecular weight is 263 g/mol. The van der Waals surface area contributed by atoms with Crippen LogP contribution in [0.25, 0.3) is 0 Å². The lowest BCUT2D eigenvalue weighted by molar-refractivity contribution is -0.928. The van der Waals surface area contributed by atoms with Crippen LogP contribution in [-0.4, -0.2) is 43.8 Å². The van der Waals surface area contributed by atoms with Crippen molar-refractivity contribution in [3.63, 3.8) is 0 Å². The fourth-order valence-corrected chi connectivity index (χ4v) is 2.79. The Balaban J connectivity index is 0.00000256. The average Bonchev–Trinajstić information content (AvgIpc) is 2.35. The van der Waals surface area contributed by atoms with Crippen molar-refractivity contribution >= 4 is 0 Å². The number of unbranched alkanes of at least 4 members (excludes halogenated alkanes) is 5. The molecule has 0 aromatic rings. The van der Waals surface area contributed by atoms with Gasteiger partial charge in [0.1, 0.15) is 0 Å². The molecule has 0 atom stereocenters. The van der Waals surface area contributed by atoms with Crippen LogP contribution in [0.2, 0.25) is 0 Å². The number of rotatable bonds is 8. The zero-order chi connectivity index (χ0) is 11.7. The van der Waals surface area contributed by atoms with Gasteiger partial charge in [-0.2, -0.15) is 0 Å². The highest BCUT2D eigenvalue weighted by atomic mass is 35.5. The normalized spacial score (nSPS) is 18.7. The van der Waals surface area contributed by atoms with Crippen LogP contribution in [0.15, 0.2) is 0 Å². The second-order valence-corrected chi connectivity index (χ2v) is 5.35. The Kier molecular flexibility index (Phi) is 10.3. The molecule has 17 heavy (non-hydrogen) atoms. The van der Waals surface area contributed by atoms with Gasteiger partial charge in [0.15, 0.2) is 0 Å². The third-order valence-electron chi connectivity index (χ3n) is 4.18. The first-order chi connectivity index (χ1) is 7.83. The van der Waals surface area contributed by atoms with Crippen LogP contribution in [-0.2, 0) is 0 Å². The first-order valence-electron chi connectivity index (χ1n) is 7.39. The van der Waals surface area contributed by atoms with E-state index in [0.717, 1.165) is 0 Å². The van der Waals surface area contributed by atoms with Crippen LogP contribution in [0.1, 0.15) is 52.4 Å². The summed E-state index contributed by atoms with van der Waals surface area (Å²) in [4.78, 5) is 0. The lowest BCUT2D eigenvalue weighted by Crippen LogP contribution is -3.00. The quantitative estimate of drug-likeness (QED) is 0.472. The minimum absolute atomic E-state index is 0. The first kappa shape index (κ1) is 17.2. The maximum absolute atomic E-state index is 3.48. The largest absolute Gasteiger partial charge is 1.00 e. The summed E-state index contributed by atoms with van der Waals surface area (Å²) in [5, 5.41) is 3.48. The smallest absolute Gasteiger partial charge is 0.0913 e. The molecular weight excluding hydrogens is 232 g/mol. The van der Waals surface area contributed by atoms with E-state index in [0.29, 0.717) is 0 Å². The predicted molar refractivity (Wildman–Crippen MR) is 71.6 cm³/mol. The third-order valence-corrected chi connectivity index (χ3v) is 4.18. The van der Waals surface area contributed by atoms with Gasteiger partial charge in [0.2, 0.25) is 0 Å². The highest BCUT2D eigenvalue weighted by Gasteiger charge is 2.26. The Morgan fingerprint density at radius 1 is 0.882 bits per heavy atom. The lowest BCUT2D eigenvalue weighted by Gasteiger charge is -2.41. The molecule has 1 saturated heterocycles. The Labute approximate surface area is 114 Å². The number of hydrogen-bond donors (Lipinski definition) is 1. The van der Waals surface area contributed by atoms with Gasteiger partial charge in [0.25, 0.3) is 0 Å². The Morgan fingerprint density at radius 3 is 2.06 bits per heavy atom. The number of piperazine rings is 1. The molecule has 0 aromatic carbocycles. The minimum Gasteiger partial charge on any atom is -1.00 e. The molecule has 0 radical (unpaired) electrons. The van der Waals surface area contributed by atoms with E-state index in [1.807, 2.05) is 0 Å². The Morgan fingerprint density at radius 2 is 1.47 bits per heavy atom. The summed E-state index contributed by atoms with van der Waals surface area (Å²) in [7, 11) is 0. The molecule has 0 unspecified atom stereocenters. The molecule has 1 fully saturated rings. The van der Waals surface area contributed by atoms with E-state index in [9.17, 15) is 0 Å². The maximum Gasteiger partial charge on any atom is 0.0913 e. The monoisotopic (exact) mass is 262 g/mol. The minimum atomic E-state index is 0. The second-order valence-electron chi connectivity index (χ2n) is 5.35. The number of halogens is 1. The van der Waals surface area contributed by atoms with E-state index in [4.69, 9.17) is 0 Å². The molecule has 3 heteroatoms. The summed E-state index contributed by atoms with van der Waals surface area (Å²) in [5.41, 5.74) is 0. The fourth-order valence-electron chi connectivity index (χ4n) is 2.79. The highest BCUT2D eigenvalue weighted by molar-refractivity contribution is 4.57. The van der Waals surface area contributed by atoms with Gasteiger partial charge >= 0.3 is 0 Å². The van der Waals surface area contributed by atoms with E-state index in [1.54, 1.807) is 0 Å². The SMILES string of the molecule is CCCCCCCC[N+]1(CC)CCNCC1.[Cl-]. The van der Waals surface area contributed by atoms with E-state index in [2.05, 4.69) is 19.2 Å². The van der Waals surface area contributed by atoms with Gasteiger partial charge in [-0.15, -0.1) is 0 Å². The molecule has 0 saturated carbocycles. The molecule has 0 amide bonds. The van der Waals surface area contributed by atoms with Crippen molar-refractivity contribution < 1.29 is 16.9 Å². The Hall–Kier alpha value is 0.210. The van der Waals surface area contributed by atoms with Gasteiger partial charge in [0.05, 0.1) is 26.2 Å². The summed E-state index contributed by atoms with van der Waals surface area (Å²) >= 11 is 0. The topological polar surface area (TPSA) is 12.0 Å². The standard InChI is InChI=1S/C14H31N2.ClH/c1-3-5-6-7-8-9-12-16(4-2)13-10-15-11-14-16;/h15H,3-14H2,1-2H3;1H/q+1;/p-1. The van der Waals surface area contributed by atoms with Crippen molar-refractivity contribution in [1.82, 2.24) is 5.32 Å². The molecule has 2 nitrogen and oxygen atoms in total. The molecule has 0 spiro atoms. The summed E-state index contributed by atoms with van der Waals surface area (Å²) in [6, 6.07) is 0. The second kappa shape index (κ2) is 10.2. The molecule has 1 rings (SSSR count). The summed E-state index contributed by atoms with van der Waals surface area (Å²) in [6.07, 6.45) is 8.59. The van der Waals surface area contributed by atoms with Gasteiger partial charge < -0.3 is 22.2 Å². The number of nitrogens with zero attached hydrogens (tertiary/aromatic N) is 1. The van der Waals surface area contributed by atoms with Crippen LogP contribution < -0.4 is 17.7 Å². The van der Waals surface area contributed by atoms with Crippen molar-refractivity contribution in [2.24, 2.45) is 0 Å². The van der Waals surface area contributed by atoms with Crippen LogP contribution in [0, 0.1) is 0 Å². The summed E-state index contributed by atoms with van der Waals surface area (Å²) in [6.45, 7) is 12.6. The van der Waals surface area contributed by atoms with Crippen molar-refractivity contribution in [1.29, 1.82) is 0 Å². The molecule has 0 bridgehead atoms. The summed E-state index contributed by atoms with van der Waals surface area (Å²) < 4.78 is 1.38. The fraction of sp³-hybridized carbons (Fsp3) is 1.00. The van der Waals surface area contributed by atoms with E-state index in [1.165, 1.54) is 82.3 Å². The van der Waals surface area contributed by atoms with Gasteiger partial charge in [-0.1, -0.05) is 32.6 Å². The van der Waals surface area contributed by atoms with E-state index < -0.39 is 0 Å². The zero-order valence-corrected chi connectivity index (χ0v) is 12.6. The maximum atomic E-state index is 3.48. The molecule has 0 aliphatic carbocycles. The van der Waals surface area contributed by atoms with Crippen LogP contribution >= 0.6 is 0 Å².